The van der Waals surface area contributed by atoms with E-state index in [4.69, 9.17) is 4.84 Å². The van der Waals surface area contributed by atoms with Crippen LogP contribution >= 0.6 is 0 Å². The van der Waals surface area contributed by atoms with Crippen LogP contribution in [0.25, 0.3) is 0 Å². The number of nitrogens with one attached hydrogen (secondary N) is 1. The summed E-state index contributed by atoms with van der Waals surface area (Å²) in [5.74, 6) is 0. The van der Waals surface area contributed by atoms with Gasteiger partial charge < -0.3 is 4.84 Å². The van der Waals surface area contributed by atoms with E-state index in [-0.39, 0.29) is 0 Å². The number of hydrogen-bond acceptors (Lipinski definition) is 2. The summed E-state index contributed by atoms with van der Waals surface area (Å²) in [5, 5.41) is 0. The molecule has 1 aromatic carbocycles. The van der Waals surface area contributed by atoms with Crippen LogP contribution in [0.5, 0.6) is 0 Å². The molecule has 84 valence electrons. The van der Waals surface area contributed by atoms with Gasteiger partial charge in [-0.15, -0.1) is 0 Å². The first-order chi connectivity index (χ1) is 7.04. The van der Waals surface area contributed by atoms with Gasteiger partial charge in [-0.1, -0.05) is 12.1 Å². The molecule has 0 fully saturated rings. The lowest BCUT2D eigenvalue weighted by atomic mass is 10.1. The summed E-state index contributed by atoms with van der Waals surface area (Å²) >= 11 is 0. The van der Waals surface area contributed by atoms with Crippen molar-refractivity contribution in [1.29, 1.82) is 0 Å². The molecule has 0 aliphatic carbocycles. The Labute approximate surface area is 86.0 Å². The molecular formula is C10H12F3NO. The molecule has 1 aromatic rings. The van der Waals surface area contributed by atoms with Gasteiger partial charge in [0, 0.05) is 7.05 Å². The Bertz CT molecular complexity index is 295. The van der Waals surface area contributed by atoms with Crippen LogP contribution in [0.1, 0.15) is 11.1 Å². The van der Waals surface area contributed by atoms with Crippen molar-refractivity contribution in [3.8, 4) is 0 Å². The maximum Gasteiger partial charge on any atom is 0.416 e. The lowest BCUT2D eigenvalue weighted by Crippen LogP contribution is -2.10. The minimum Gasteiger partial charge on any atom is -0.302 e. The highest BCUT2D eigenvalue weighted by Gasteiger charge is 2.29. The first kappa shape index (κ1) is 12.0. The highest BCUT2D eigenvalue weighted by molar-refractivity contribution is 5.24. The summed E-state index contributed by atoms with van der Waals surface area (Å²) in [6.07, 6.45) is -3.68. The van der Waals surface area contributed by atoms with Crippen LogP contribution in [0, 0.1) is 0 Å². The van der Waals surface area contributed by atoms with Gasteiger partial charge in [-0.05, 0) is 24.1 Å². The van der Waals surface area contributed by atoms with E-state index in [1.807, 2.05) is 0 Å². The van der Waals surface area contributed by atoms with Crippen molar-refractivity contribution in [2.45, 2.75) is 12.6 Å². The zero-order valence-electron chi connectivity index (χ0n) is 8.27. The van der Waals surface area contributed by atoms with Crippen LogP contribution in [0.3, 0.4) is 0 Å². The van der Waals surface area contributed by atoms with Gasteiger partial charge in [-0.3, -0.25) is 0 Å². The Morgan fingerprint density at radius 1 is 1.20 bits per heavy atom. The summed E-state index contributed by atoms with van der Waals surface area (Å²) in [7, 11) is 1.63. The van der Waals surface area contributed by atoms with Crippen molar-refractivity contribution in [3.63, 3.8) is 0 Å². The maximum absolute atomic E-state index is 12.2. The normalized spacial score (nSPS) is 11.7. The summed E-state index contributed by atoms with van der Waals surface area (Å²) < 4.78 is 36.6. The SMILES string of the molecule is CNOCCc1ccc(C(F)(F)F)cc1. The van der Waals surface area contributed by atoms with Gasteiger partial charge in [0.2, 0.25) is 0 Å². The Kier molecular flexibility index (Phi) is 4.11. The Morgan fingerprint density at radius 2 is 1.80 bits per heavy atom. The average molecular weight is 219 g/mol. The molecule has 0 heterocycles. The second-order valence-corrected chi connectivity index (χ2v) is 3.00. The van der Waals surface area contributed by atoms with Gasteiger partial charge in [0.05, 0.1) is 12.2 Å². The average Bonchev–Trinajstić information content (AvgIpc) is 2.18. The van der Waals surface area contributed by atoms with E-state index in [0.29, 0.717) is 13.0 Å². The molecule has 0 saturated carbocycles. The van der Waals surface area contributed by atoms with Gasteiger partial charge in [-0.25, -0.2) is 5.48 Å². The van der Waals surface area contributed by atoms with Crippen LogP contribution in [-0.2, 0) is 17.4 Å². The number of alkyl halides is 3. The van der Waals surface area contributed by atoms with E-state index in [1.54, 1.807) is 7.05 Å². The summed E-state index contributed by atoms with van der Waals surface area (Å²) in [6, 6.07) is 5.08. The molecule has 0 spiro atoms. The Morgan fingerprint density at radius 3 is 2.27 bits per heavy atom. The molecule has 2 nitrogen and oxygen atoms in total. The summed E-state index contributed by atoms with van der Waals surface area (Å²) in [4.78, 5) is 4.86. The molecule has 0 radical (unpaired) electrons. The van der Waals surface area contributed by atoms with Gasteiger partial charge in [-0.2, -0.15) is 13.2 Å². The summed E-state index contributed by atoms with van der Waals surface area (Å²) in [6.45, 7) is 0.432. The molecule has 0 saturated heterocycles. The van der Waals surface area contributed by atoms with E-state index in [1.165, 1.54) is 12.1 Å². The van der Waals surface area contributed by atoms with Crippen molar-refractivity contribution >= 4 is 0 Å². The molecule has 0 unspecified atom stereocenters. The quantitative estimate of drug-likeness (QED) is 0.620. The van der Waals surface area contributed by atoms with E-state index >= 15 is 0 Å². The van der Waals surface area contributed by atoms with Crippen LogP contribution in [0.15, 0.2) is 24.3 Å². The Hall–Kier alpha value is -1.07. The maximum atomic E-state index is 12.2. The smallest absolute Gasteiger partial charge is 0.302 e. The molecule has 0 bridgehead atoms. The third-order valence-electron chi connectivity index (χ3n) is 1.92. The van der Waals surface area contributed by atoms with Crippen molar-refractivity contribution in [1.82, 2.24) is 5.48 Å². The second kappa shape index (κ2) is 5.14. The van der Waals surface area contributed by atoms with Gasteiger partial charge >= 0.3 is 6.18 Å². The molecule has 0 atom stereocenters. The minimum atomic E-state index is -4.26. The minimum absolute atomic E-state index is 0.432. The molecule has 0 aliphatic heterocycles. The van der Waals surface area contributed by atoms with Crippen LogP contribution in [-0.4, -0.2) is 13.7 Å². The van der Waals surface area contributed by atoms with Crippen molar-refractivity contribution in [2.24, 2.45) is 0 Å². The fraction of sp³-hybridized carbons (Fsp3) is 0.400. The van der Waals surface area contributed by atoms with Crippen molar-refractivity contribution in [2.75, 3.05) is 13.7 Å². The highest BCUT2D eigenvalue weighted by Crippen LogP contribution is 2.29. The van der Waals surface area contributed by atoms with Crippen molar-refractivity contribution in [3.05, 3.63) is 35.4 Å². The number of halogens is 3. The predicted molar refractivity (Wildman–Crippen MR) is 50.2 cm³/mol. The van der Waals surface area contributed by atoms with E-state index in [0.717, 1.165) is 17.7 Å². The van der Waals surface area contributed by atoms with Crippen molar-refractivity contribution < 1.29 is 18.0 Å². The molecule has 1 rings (SSSR count). The zero-order valence-corrected chi connectivity index (χ0v) is 8.27. The first-order valence-corrected chi connectivity index (χ1v) is 4.48. The molecule has 5 heteroatoms. The van der Waals surface area contributed by atoms with E-state index < -0.39 is 11.7 Å². The van der Waals surface area contributed by atoms with Crippen LogP contribution in [0.2, 0.25) is 0 Å². The topological polar surface area (TPSA) is 21.3 Å². The van der Waals surface area contributed by atoms with Crippen LogP contribution < -0.4 is 5.48 Å². The van der Waals surface area contributed by atoms with Gasteiger partial charge in [0.15, 0.2) is 0 Å². The number of rotatable bonds is 4. The zero-order chi connectivity index (χ0) is 11.3. The molecule has 0 aromatic heterocycles. The fourth-order valence-electron chi connectivity index (χ4n) is 1.13. The first-order valence-electron chi connectivity index (χ1n) is 4.48. The monoisotopic (exact) mass is 219 g/mol. The second-order valence-electron chi connectivity index (χ2n) is 3.00. The molecular weight excluding hydrogens is 207 g/mol. The lowest BCUT2D eigenvalue weighted by molar-refractivity contribution is -0.137. The molecule has 0 aliphatic rings. The predicted octanol–water partition coefficient (Wildman–Crippen LogP) is 2.40. The Balaban J connectivity index is 2.57. The number of hydroxylamine groups is 1. The highest BCUT2D eigenvalue weighted by atomic mass is 19.4. The van der Waals surface area contributed by atoms with Crippen LogP contribution in [0.4, 0.5) is 13.2 Å². The summed E-state index contributed by atoms with van der Waals surface area (Å²) in [5.41, 5.74) is 2.69. The number of hydrogen-bond donors (Lipinski definition) is 1. The molecule has 15 heavy (non-hydrogen) atoms. The van der Waals surface area contributed by atoms with Gasteiger partial charge in [0.1, 0.15) is 0 Å². The standard InChI is InChI=1S/C10H12F3NO/c1-14-15-7-6-8-2-4-9(5-3-8)10(11,12)13/h2-5,14H,6-7H2,1H3. The third kappa shape index (κ3) is 3.89. The third-order valence-corrected chi connectivity index (χ3v) is 1.92. The van der Waals surface area contributed by atoms with E-state index in [2.05, 4.69) is 5.48 Å². The fourth-order valence-corrected chi connectivity index (χ4v) is 1.13. The number of benzene rings is 1. The van der Waals surface area contributed by atoms with E-state index in [9.17, 15) is 13.2 Å². The molecule has 1 N–H and O–H groups in total. The lowest BCUT2D eigenvalue weighted by Gasteiger charge is -2.07. The molecule has 0 amide bonds. The van der Waals surface area contributed by atoms with Gasteiger partial charge in [0.25, 0.3) is 0 Å². The largest absolute Gasteiger partial charge is 0.416 e.